The minimum atomic E-state index is -0.810. The maximum Gasteiger partial charge on any atom is 0.309 e. The summed E-state index contributed by atoms with van der Waals surface area (Å²) < 4.78 is 0. The van der Waals surface area contributed by atoms with Crippen molar-refractivity contribution in [3.05, 3.63) is 0 Å². The maximum absolute atomic E-state index is 13.7. The van der Waals surface area contributed by atoms with Crippen LogP contribution in [0.2, 0.25) is 0 Å². The summed E-state index contributed by atoms with van der Waals surface area (Å²) in [4.78, 5) is 13.7. The van der Waals surface area contributed by atoms with E-state index in [9.17, 15) is 9.90 Å². The lowest BCUT2D eigenvalue weighted by Crippen LogP contribution is -2.66. The molecule has 0 saturated carbocycles. The van der Waals surface area contributed by atoms with Crippen molar-refractivity contribution < 1.29 is 9.90 Å². The normalized spacial score (nSPS) is 34.6. The lowest BCUT2D eigenvalue weighted by molar-refractivity contribution is -0.184. The summed E-state index contributed by atoms with van der Waals surface area (Å²) in [7, 11) is 0. The SMILES string of the molecule is CC(C)(C)C1CNCC(C(C)(C)C)C1C(C)(C(=O)O)C1C(C(C)(C)C)CNCC1C(C)(C)C. The molecule has 33 heavy (non-hydrogen) atoms. The quantitative estimate of drug-likeness (QED) is 0.468. The van der Waals surface area contributed by atoms with Crippen LogP contribution >= 0.6 is 0 Å². The lowest BCUT2D eigenvalue weighted by Gasteiger charge is -2.61. The Hall–Kier alpha value is -0.610. The van der Waals surface area contributed by atoms with Gasteiger partial charge in [0.15, 0.2) is 0 Å². The second-order valence-electron chi connectivity index (χ2n) is 15.8. The highest BCUT2D eigenvalue weighted by Crippen LogP contribution is 2.60. The van der Waals surface area contributed by atoms with E-state index in [4.69, 9.17) is 0 Å². The third-order valence-corrected chi connectivity index (χ3v) is 9.49. The van der Waals surface area contributed by atoms with Gasteiger partial charge in [0.05, 0.1) is 5.41 Å². The molecule has 0 aliphatic carbocycles. The molecule has 2 fully saturated rings. The molecule has 2 rings (SSSR count). The van der Waals surface area contributed by atoms with E-state index in [-0.39, 0.29) is 33.5 Å². The van der Waals surface area contributed by atoms with Crippen LogP contribution in [0, 0.1) is 62.6 Å². The van der Waals surface area contributed by atoms with E-state index in [0.29, 0.717) is 23.7 Å². The van der Waals surface area contributed by atoms with Crippen LogP contribution in [-0.2, 0) is 4.79 Å². The summed E-state index contributed by atoms with van der Waals surface area (Å²) in [5.74, 6) is 0.817. The van der Waals surface area contributed by atoms with E-state index >= 15 is 0 Å². The molecule has 4 atom stereocenters. The first kappa shape index (κ1) is 28.6. The molecule has 0 aromatic rings. The van der Waals surface area contributed by atoms with Gasteiger partial charge in [-0.1, -0.05) is 83.1 Å². The minimum absolute atomic E-state index is 0.0275. The van der Waals surface area contributed by atoms with Crippen LogP contribution in [0.5, 0.6) is 0 Å². The molecule has 4 heteroatoms. The zero-order chi connectivity index (χ0) is 25.8. The summed E-state index contributed by atoms with van der Waals surface area (Å²) >= 11 is 0. The van der Waals surface area contributed by atoms with Gasteiger partial charge in [0.2, 0.25) is 0 Å². The second kappa shape index (κ2) is 9.12. The average Bonchev–Trinajstić information content (AvgIpc) is 2.63. The molecule has 0 aromatic carbocycles. The molecule has 0 amide bonds. The maximum atomic E-state index is 13.7. The van der Waals surface area contributed by atoms with Gasteiger partial charge in [-0.15, -0.1) is 0 Å². The van der Waals surface area contributed by atoms with Gasteiger partial charge in [0, 0.05) is 0 Å². The Balaban J connectivity index is 2.86. The predicted octanol–water partition coefficient (Wildman–Crippen LogP) is 6.17. The predicted molar refractivity (Wildman–Crippen MR) is 140 cm³/mol. The van der Waals surface area contributed by atoms with Gasteiger partial charge < -0.3 is 15.7 Å². The molecular weight excluding hydrogens is 408 g/mol. The molecule has 2 aliphatic rings. The van der Waals surface area contributed by atoms with Crippen molar-refractivity contribution >= 4 is 5.97 Å². The van der Waals surface area contributed by atoms with E-state index in [1.54, 1.807) is 0 Å². The van der Waals surface area contributed by atoms with Crippen LogP contribution in [-0.4, -0.2) is 37.3 Å². The van der Waals surface area contributed by atoms with E-state index < -0.39 is 11.4 Å². The number of carboxylic acids is 1. The third kappa shape index (κ3) is 5.63. The zero-order valence-corrected chi connectivity index (χ0v) is 24.1. The number of hydrogen-bond donors (Lipinski definition) is 3. The highest BCUT2D eigenvalue weighted by Gasteiger charge is 2.63. The first-order chi connectivity index (χ1) is 14.6. The first-order valence-corrected chi connectivity index (χ1v) is 13.3. The topological polar surface area (TPSA) is 61.4 Å². The van der Waals surface area contributed by atoms with Gasteiger partial charge in [-0.3, -0.25) is 4.79 Å². The van der Waals surface area contributed by atoms with Crippen molar-refractivity contribution in [2.24, 2.45) is 62.6 Å². The van der Waals surface area contributed by atoms with Crippen LogP contribution < -0.4 is 10.6 Å². The molecule has 4 unspecified atom stereocenters. The zero-order valence-electron chi connectivity index (χ0n) is 24.1. The molecule has 194 valence electrons. The summed E-state index contributed by atoms with van der Waals surface area (Å²) in [6.45, 7) is 33.5. The Labute approximate surface area is 205 Å². The number of nitrogens with one attached hydrogen (secondary N) is 2. The van der Waals surface area contributed by atoms with Gasteiger partial charge in [-0.25, -0.2) is 0 Å². The molecule has 0 bridgehead atoms. The van der Waals surface area contributed by atoms with Crippen molar-refractivity contribution in [1.29, 1.82) is 0 Å². The van der Waals surface area contributed by atoms with E-state index in [1.165, 1.54) is 0 Å². The minimum Gasteiger partial charge on any atom is -0.481 e. The van der Waals surface area contributed by atoms with E-state index in [1.807, 2.05) is 0 Å². The fourth-order valence-corrected chi connectivity index (χ4v) is 7.42. The van der Waals surface area contributed by atoms with Crippen molar-refractivity contribution in [2.45, 2.75) is 90.0 Å². The summed E-state index contributed by atoms with van der Waals surface area (Å²) in [6, 6.07) is 0. The molecule has 2 heterocycles. The molecule has 4 nitrogen and oxygen atoms in total. The average molecular weight is 465 g/mol. The number of piperidine rings is 2. The molecule has 0 spiro atoms. The van der Waals surface area contributed by atoms with E-state index in [0.717, 1.165) is 26.2 Å². The monoisotopic (exact) mass is 464 g/mol. The Morgan fingerprint density at radius 1 is 0.545 bits per heavy atom. The van der Waals surface area contributed by atoms with Crippen LogP contribution in [0.15, 0.2) is 0 Å². The van der Waals surface area contributed by atoms with Crippen molar-refractivity contribution in [3.63, 3.8) is 0 Å². The first-order valence-electron chi connectivity index (χ1n) is 13.3. The van der Waals surface area contributed by atoms with Crippen molar-refractivity contribution in [2.75, 3.05) is 26.2 Å². The Morgan fingerprint density at radius 2 is 0.758 bits per heavy atom. The molecular formula is C29H56N2O2. The molecule has 0 radical (unpaired) electrons. The third-order valence-electron chi connectivity index (χ3n) is 9.49. The van der Waals surface area contributed by atoms with Crippen LogP contribution in [0.3, 0.4) is 0 Å². The highest BCUT2D eigenvalue weighted by molar-refractivity contribution is 5.75. The summed E-state index contributed by atoms with van der Waals surface area (Å²) in [6.07, 6.45) is 0. The Bertz CT molecular complexity index is 592. The molecule has 3 N–H and O–H groups in total. The largest absolute Gasteiger partial charge is 0.481 e. The second-order valence-corrected chi connectivity index (χ2v) is 15.8. The smallest absolute Gasteiger partial charge is 0.309 e. The van der Waals surface area contributed by atoms with Gasteiger partial charge >= 0.3 is 5.97 Å². The van der Waals surface area contributed by atoms with Crippen LogP contribution in [0.4, 0.5) is 0 Å². The van der Waals surface area contributed by atoms with Gasteiger partial charge in [-0.2, -0.15) is 0 Å². The van der Waals surface area contributed by atoms with Crippen molar-refractivity contribution in [1.82, 2.24) is 10.6 Å². The Morgan fingerprint density at radius 3 is 0.909 bits per heavy atom. The van der Waals surface area contributed by atoms with Gasteiger partial charge in [0.1, 0.15) is 0 Å². The molecule has 0 aromatic heterocycles. The fourth-order valence-electron chi connectivity index (χ4n) is 7.42. The molecule has 2 aliphatic heterocycles. The number of carbonyl (C=O) groups is 1. The number of carboxylic acid groups (broad SMARTS) is 1. The molecule has 2 saturated heterocycles. The highest BCUT2D eigenvalue weighted by atomic mass is 16.4. The van der Waals surface area contributed by atoms with E-state index in [2.05, 4.69) is 101 Å². The van der Waals surface area contributed by atoms with Crippen molar-refractivity contribution in [3.8, 4) is 0 Å². The van der Waals surface area contributed by atoms with Crippen LogP contribution in [0.1, 0.15) is 90.0 Å². The lowest BCUT2D eigenvalue weighted by atomic mass is 9.44. The number of rotatable bonds is 3. The standard InChI is InChI=1S/C29H56N2O2/c1-25(2,3)18-14-30-15-19(26(4,5)6)22(18)29(13,24(32)33)23-20(27(7,8)9)16-31-17-21(23)28(10,11)12/h18-23,30-31H,14-17H2,1-13H3,(H,32,33). The van der Waals surface area contributed by atoms with Gasteiger partial charge in [-0.05, 0) is 90.3 Å². The number of aliphatic carboxylic acids is 1. The fraction of sp³-hybridized carbons (Fsp3) is 0.966. The van der Waals surface area contributed by atoms with Gasteiger partial charge in [0.25, 0.3) is 0 Å². The summed E-state index contributed by atoms with van der Waals surface area (Å²) in [5.41, 5.74) is -0.700. The Kier molecular flexibility index (Phi) is 7.91. The number of hydrogen-bond acceptors (Lipinski definition) is 3. The van der Waals surface area contributed by atoms with Crippen LogP contribution in [0.25, 0.3) is 0 Å². The summed E-state index contributed by atoms with van der Waals surface area (Å²) in [5, 5.41) is 18.7.